The lowest BCUT2D eigenvalue weighted by Crippen LogP contribution is -2.04. The van der Waals surface area contributed by atoms with Crippen LogP contribution in [0.4, 0.5) is 0 Å². The predicted octanol–water partition coefficient (Wildman–Crippen LogP) is 5.41. The number of carbonyl (C=O) groups excluding carboxylic acids is 2. The molecule has 26 heavy (non-hydrogen) atoms. The summed E-state index contributed by atoms with van der Waals surface area (Å²) in [5.41, 5.74) is 4.86. The maximum absolute atomic E-state index is 12.6. The Balaban J connectivity index is 1.77. The van der Waals surface area contributed by atoms with Gasteiger partial charge in [0.15, 0.2) is 11.6 Å². The van der Waals surface area contributed by atoms with E-state index in [0.29, 0.717) is 22.3 Å². The number of rotatable bonds is 6. The third-order valence-corrected chi connectivity index (χ3v) is 4.48. The Morgan fingerprint density at radius 1 is 0.615 bits per heavy atom. The summed E-state index contributed by atoms with van der Waals surface area (Å²) in [6, 6.07) is 22.2. The predicted molar refractivity (Wildman–Crippen MR) is 105 cm³/mol. The van der Waals surface area contributed by atoms with E-state index in [4.69, 9.17) is 0 Å². The van der Waals surface area contributed by atoms with Crippen LogP contribution < -0.4 is 0 Å². The van der Waals surface area contributed by atoms with Gasteiger partial charge in [-0.1, -0.05) is 91.7 Å². The fourth-order valence-corrected chi connectivity index (χ4v) is 2.92. The van der Waals surface area contributed by atoms with Crippen LogP contribution in [0.5, 0.6) is 0 Å². The summed E-state index contributed by atoms with van der Waals surface area (Å²) in [7, 11) is 0. The van der Waals surface area contributed by atoms with E-state index in [0.717, 1.165) is 18.4 Å². The molecule has 0 saturated carbocycles. The molecular formula is C24H22O2. The number of hydrogen-bond acceptors (Lipinski definition) is 2. The van der Waals surface area contributed by atoms with Crippen molar-refractivity contribution in [3.63, 3.8) is 0 Å². The van der Waals surface area contributed by atoms with Crippen molar-refractivity contribution in [3.05, 3.63) is 106 Å². The Kier molecular flexibility index (Phi) is 5.43. The van der Waals surface area contributed by atoms with E-state index in [1.54, 1.807) is 24.3 Å². The van der Waals surface area contributed by atoms with Crippen molar-refractivity contribution in [1.82, 2.24) is 0 Å². The van der Waals surface area contributed by atoms with Crippen molar-refractivity contribution < 1.29 is 9.59 Å². The zero-order chi connectivity index (χ0) is 18.5. The number of aryl methyl sites for hydroxylation is 2. The molecule has 2 heteroatoms. The van der Waals surface area contributed by atoms with Crippen LogP contribution >= 0.6 is 0 Å². The first-order chi connectivity index (χ1) is 12.6. The van der Waals surface area contributed by atoms with Crippen LogP contribution in [0.2, 0.25) is 0 Å². The lowest BCUT2D eigenvalue weighted by atomic mass is 9.97. The minimum Gasteiger partial charge on any atom is -0.289 e. The van der Waals surface area contributed by atoms with Gasteiger partial charge in [-0.05, 0) is 18.9 Å². The average Bonchev–Trinajstić information content (AvgIpc) is 2.68. The zero-order valence-electron chi connectivity index (χ0n) is 15.2. The summed E-state index contributed by atoms with van der Waals surface area (Å²) in [6.07, 6.45) is 2.11. The van der Waals surface area contributed by atoms with E-state index in [9.17, 15) is 9.59 Å². The highest BCUT2D eigenvalue weighted by Gasteiger charge is 2.12. The van der Waals surface area contributed by atoms with Gasteiger partial charge in [-0.2, -0.15) is 0 Å². The van der Waals surface area contributed by atoms with Gasteiger partial charge in [0.05, 0.1) is 0 Å². The number of ketones is 2. The van der Waals surface area contributed by atoms with E-state index >= 15 is 0 Å². The molecule has 0 fully saturated rings. The van der Waals surface area contributed by atoms with E-state index in [2.05, 4.69) is 6.92 Å². The normalized spacial score (nSPS) is 10.5. The second-order valence-corrected chi connectivity index (χ2v) is 6.55. The molecule has 0 radical (unpaired) electrons. The minimum absolute atomic E-state index is 0.0256. The maximum atomic E-state index is 12.6. The van der Waals surface area contributed by atoms with Crippen molar-refractivity contribution in [3.8, 4) is 0 Å². The van der Waals surface area contributed by atoms with Crippen LogP contribution in [0, 0.1) is 6.92 Å². The van der Waals surface area contributed by atoms with Gasteiger partial charge < -0.3 is 0 Å². The van der Waals surface area contributed by atoms with E-state index in [-0.39, 0.29) is 11.6 Å². The van der Waals surface area contributed by atoms with Gasteiger partial charge in [-0.15, -0.1) is 0 Å². The lowest BCUT2D eigenvalue weighted by molar-refractivity contribution is 0.102. The Bertz CT molecular complexity index is 902. The van der Waals surface area contributed by atoms with Gasteiger partial charge in [0.1, 0.15) is 0 Å². The first kappa shape index (κ1) is 17.8. The van der Waals surface area contributed by atoms with Crippen LogP contribution in [0.1, 0.15) is 56.3 Å². The van der Waals surface area contributed by atoms with Gasteiger partial charge in [0.25, 0.3) is 0 Å². The fraction of sp³-hybridized carbons (Fsp3) is 0.167. The molecule has 3 aromatic rings. The van der Waals surface area contributed by atoms with Gasteiger partial charge in [0, 0.05) is 22.3 Å². The SMILES string of the molecule is CCCc1ccc(C(=O)c2ccc(C(=O)c3ccc(C)cc3)cc2)cc1. The van der Waals surface area contributed by atoms with Gasteiger partial charge in [-0.25, -0.2) is 0 Å². The Labute approximate surface area is 154 Å². The smallest absolute Gasteiger partial charge is 0.193 e. The third kappa shape index (κ3) is 3.97. The van der Waals surface area contributed by atoms with E-state index < -0.39 is 0 Å². The fourth-order valence-electron chi connectivity index (χ4n) is 2.92. The molecule has 2 nitrogen and oxygen atoms in total. The van der Waals surface area contributed by atoms with E-state index in [1.165, 1.54) is 5.56 Å². The molecule has 0 unspecified atom stereocenters. The summed E-state index contributed by atoms with van der Waals surface area (Å²) in [6.45, 7) is 4.13. The maximum Gasteiger partial charge on any atom is 0.193 e. The summed E-state index contributed by atoms with van der Waals surface area (Å²) in [4.78, 5) is 25.1. The van der Waals surface area contributed by atoms with Crippen molar-refractivity contribution in [2.75, 3.05) is 0 Å². The van der Waals surface area contributed by atoms with Crippen molar-refractivity contribution in [2.24, 2.45) is 0 Å². The number of hydrogen-bond donors (Lipinski definition) is 0. The Morgan fingerprint density at radius 3 is 1.35 bits per heavy atom. The molecule has 0 atom stereocenters. The molecule has 0 spiro atoms. The molecule has 0 amide bonds. The van der Waals surface area contributed by atoms with Crippen molar-refractivity contribution in [1.29, 1.82) is 0 Å². The van der Waals surface area contributed by atoms with E-state index in [1.807, 2.05) is 55.5 Å². The largest absolute Gasteiger partial charge is 0.289 e. The second kappa shape index (κ2) is 7.92. The van der Waals surface area contributed by atoms with Crippen LogP contribution in [-0.2, 0) is 6.42 Å². The Hall–Kier alpha value is -3.00. The molecule has 0 saturated heterocycles. The standard InChI is InChI=1S/C24H22O2/c1-3-4-18-7-11-20(12-8-18)24(26)22-15-13-21(14-16-22)23(25)19-9-5-17(2)6-10-19/h5-16H,3-4H2,1-2H3. The molecular weight excluding hydrogens is 320 g/mol. The molecule has 0 aliphatic heterocycles. The molecule has 0 aromatic heterocycles. The molecule has 0 aliphatic carbocycles. The second-order valence-electron chi connectivity index (χ2n) is 6.55. The highest BCUT2D eigenvalue weighted by molar-refractivity contribution is 6.11. The lowest BCUT2D eigenvalue weighted by Gasteiger charge is -2.05. The Morgan fingerprint density at radius 2 is 0.962 bits per heavy atom. The summed E-state index contributed by atoms with van der Waals surface area (Å²) in [5.74, 6) is -0.0599. The first-order valence-corrected chi connectivity index (χ1v) is 8.93. The number of carbonyl (C=O) groups is 2. The van der Waals surface area contributed by atoms with Crippen molar-refractivity contribution in [2.45, 2.75) is 26.7 Å². The molecule has 3 aromatic carbocycles. The van der Waals surface area contributed by atoms with Crippen LogP contribution in [0.15, 0.2) is 72.8 Å². The highest BCUT2D eigenvalue weighted by atomic mass is 16.1. The summed E-state index contributed by atoms with van der Waals surface area (Å²) >= 11 is 0. The van der Waals surface area contributed by atoms with Gasteiger partial charge in [0.2, 0.25) is 0 Å². The van der Waals surface area contributed by atoms with Crippen molar-refractivity contribution >= 4 is 11.6 Å². The van der Waals surface area contributed by atoms with Crippen LogP contribution in [0.3, 0.4) is 0 Å². The summed E-state index contributed by atoms with van der Waals surface area (Å²) in [5, 5.41) is 0. The van der Waals surface area contributed by atoms with Crippen LogP contribution in [0.25, 0.3) is 0 Å². The first-order valence-electron chi connectivity index (χ1n) is 8.93. The third-order valence-electron chi connectivity index (χ3n) is 4.48. The highest BCUT2D eigenvalue weighted by Crippen LogP contribution is 2.16. The molecule has 0 aliphatic rings. The van der Waals surface area contributed by atoms with Crippen LogP contribution in [-0.4, -0.2) is 11.6 Å². The van der Waals surface area contributed by atoms with Gasteiger partial charge >= 0.3 is 0 Å². The quantitative estimate of drug-likeness (QED) is 0.561. The molecule has 0 N–H and O–H groups in total. The topological polar surface area (TPSA) is 34.1 Å². The molecule has 3 rings (SSSR count). The van der Waals surface area contributed by atoms with Gasteiger partial charge in [-0.3, -0.25) is 9.59 Å². The minimum atomic E-state index is -0.0343. The summed E-state index contributed by atoms with van der Waals surface area (Å²) < 4.78 is 0. The average molecular weight is 342 g/mol. The molecule has 130 valence electrons. The zero-order valence-corrected chi connectivity index (χ0v) is 15.2. The monoisotopic (exact) mass is 342 g/mol. The molecule has 0 heterocycles. The number of benzene rings is 3. The molecule has 0 bridgehead atoms.